The van der Waals surface area contributed by atoms with Crippen molar-refractivity contribution in [3.05, 3.63) is 67.0 Å². The molecule has 1 amide bonds. The van der Waals surface area contributed by atoms with Crippen molar-refractivity contribution in [2.75, 3.05) is 24.3 Å². The van der Waals surface area contributed by atoms with E-state index in [0.717, 1.165) is 11.4 Å². The second-order valence-corrected chi connectivity index (χ2v) is 6.49. The number of aromatic nitrogens is 2. The SMILES string of the molecule is COc1cccc(-n2ccnc2SCC(=O)N(CC#N)c2ccccc2)c1. The molecule has 0 N–H and O–H groups in total. The maximum atomic E-state index is 12.7. The Labute approximate surface area is 162 Å². The number of anilines is 1. The molecule has 136 valence electrons. The van der Waals surface area contributed by atoms with E-state index in [4.69, 9.17) is 10.00 Å². The minimum absolute atomic E-state index is 0.00767. The lowest BCUT2D eigenvalue weighted by molar-refractivity contribution is -0.116. The molecule has 0 spiro atoms. The molecule has 27 heavy (non-hydrogen) atoms. The van der Waals surface area contributed by atoms with E-state index in [1.807, 2.05) is 65.4 Å². The molecule has 0 unspecified atom stereocenters. The third kappa shape index (κ3) is 4.49. The van der Waals surface area contributed by atoms with Gasteiger partial charge in [-0.05, 0) is 24.3 Å². The van der Waals surface area contributed by atoms with Gasteiger partial charge in [-0.3, -0.25) is 14.3 Å². The van der Waals surface area contributed by atoms with E-state index in [-0.39, 0.29) is 18.2 Å². The van der Waals surface area contributed by atoms with Gasteiger partial charge in [-0.1, -0.05) is 36.0 Å². The van der Waals surface area contributed by atoms with Crippen LogP contribution < -0.4 is 9.64 Å². The average molecular weight is 378 g/mol. The third-order valence-electron chi connectivity index (χ3n) is 3.86. The number of nitrogens with zero attached hydrogens (tertiary/aromatic N) is 4. The fourth-order valence-electron chi connectivity index (χ4n) is 2.56. The van der Waals surface area contributed by atoms with E-state index in [0.29, 0.717) is 10.8 Å². The Morgan fingerprint density at radius 1 is 1.26 bits per heavy atom. The van der Waals surface area contributed by atoms with Gasteiger partial charge in [0.15, 0.2) is 5.16 Å². The number of thioether (sulfide) groups is 1. The topological polar surface area (TPSA) is 71.2 Å². The van der Waals surface area contributed by atoms with Gasteiger partial charge in [-0.15, -0.1) is 0 Å². The Morgan fingerprint density at radius 2 is 2.07 bits per heavy atom. The van der Waals surface area contributed by atoms with Gasteiger partial charge in [-0.25, -0.2) is 4.98 Å². The van der Waals surface area contributed by atoms with Gasteiger partial charge in [0.25, 0.3) is 0 Å². The molecule has 0 aliphatic carbocycles. The number of carbonyl (C=O) groups is 1. The summed E-state index contributed by atoms with van der Waals surface area (Å²) in [5.41, 5.74) is 1.61. The summed E-state index contributed by atoms with van der Waals surface area (Å²) in [4.78, 5) is 18.5. The number of carbonyl (C=O) groups excluding carboxylic acids is 1. The molecule has 1 heterocycles. The summed E-state index contributed by atoms with van der Waals surface area (Å²) in [6.45, 7) is 0.00767. The van der Waals surface area contributed by atoms with Crippen LogP contribution in [-0.4, -0.2) is 34.9 Å². The maximum Gasteiger partial charge on any atom is 0.238 e. The molecule has 0 radical (unpaired) electrons. The highest BCUT2D eigenvalue weighted by atomic mass is 32.2. The van der Waals surface area contributed by atoms with Gasteiger partial charge in [0, 0.05) is 24.1 Å². The van der Waals surface area contributed by atoms with Crippen LogP contribution in [0.25, 0.3) is 5.69 Å². The van der Waals surface area contributed by atoms with Crippen LogP contribution in [0.4, 0.5) is 5.69 Å². The monoisotopic (exact) mass is 378 g/mol. The first kappa shape index (κ1) is 18.5. The molecule has 0 saturated carbocycles. The maximum absolute atomic E-state index is 12.7. The van der Waals surface area contributed by atoms with Gasteiger partial charge in [0.2, 0.25) is 5.91 Å². The molecule has 1 aromatic heterocycles. The van der Waals surface area contributed by atoms with Gasteiger partial charge in [-0.2, -0.15) is 5.26 Å². The number of ether oxygens (including phenoxy) is 1. The number of benzene rings is 2. The largest absolute Gasteiger partial charge is 0.497 e. The van der Waals surface area contributed by atoms with Gasteiger partial charge < -0.3 is 4.74 Å². The normalized spacial score (nSPS) is 10.2. The van der Waals surface area contributed by atoms with Crippen LogP contribution in [0.1, 0.15) is 0 Å². The molecule has 3 rings (SSSR count). The van der Waals surface area contributed by atoms with Gasteiger partial charge >= 0.3 is 0 Å². The van der Waals surface area contributed by atoms with E-state index in [1.54, 1.807) is 13.3 Å². The number of rotatable bonds is 7. The lowest BCUT2D eigenvalue weighted by atomic mass is 10.3. The highest BCUT2D eigenvalue weighted by molar-refractivity contribution is 7.99. The summed E-state index contributed by atoms with van der Waals surface area (Å²) in [5, 5.41) is 9.76. The predicted molar refractivity (Wildman–Crippen MR) is 105 cm³/mol. The smallest absolute Gasteiger partial charge is 0.238 e. The zero-order valence-corrected chi connectivity index (χ0v) is 15.6. The number of hydrogen-bond donors (Lipinski definition) is 0. The Kier molecular flexibility index (Phi) is 6.13. The number of para-hydroxylation sites is 1. The van der Waals surface area contributed by atoms with E-state index >= 15 is 0 Å². The minimum Gasteiger partial charge on any atom is -0.497 e. The molecular formula is C20H18N4O2S. The summed E-state index contributed by atoms with van der Waals surface area (Å²) in [7, 11) is 1.62. The van der Waals surface area contributed by atoms with Crippen LogP contribution in [0.3, 0.4) is 0 Å². The summed E-state index contributed by atoms with van der Waals surface area (Å²) in [6, 6.07) is 18.9. The fraction of sp³-hybridized carbons (Fsp3) is 0.150. The third-order valence-corrected chi connectivity index (χ3v) is 4.81. The van der Waals surface area contributed by atoms with Crippen LogP contribution in [-0.2, 0) is 4.79 Å². The average Bonchev–Trinajstić information content (AvgIpc) is 3.19. The highest BCUT2D eigenvalue weighted by Crippen LogP contribution is 2.24. The molecule has 2 aromatic carbocycles. The molecular weight excluding hydrogens is 360 g/mol. The van der Waals surface area contributed by atoms with Crippen molar-refractivity contribution in [2.45, 2.75) is 5.16 Å². The molecule has 0 atom stereocenters. The fourth-order valence-corrected chi connectivity index (χ4v) is 3.41. The van der Waals surface area contributed by atoms with Gasteiger partial charge in [0.1, 0.15) is 12.3 Å². The zero-order chi connectivity index (χ0) is 19.1. The van der Waals surface area contributed by atoms with Crippen LogP contribution in [0, 0.1) is 11.3 Å². The highest BCUT2D eigenvalue weighted by Gasteiger charge is 2.17. The quantitative estimate of drug-likeness (QED) is 0.465. The molecule has 0 aliphatic heterocycles. The van der Waals surface area contributed by atoms with E-state index in [1.165, 1.54) is 16.7 Å². The molecule has 0 bridgehead atoms. The molecule has 7 heteroatoms. The van der Waals surface area contributed by atoms with Crippen molar-refractivity contribution < 1.29 is 9.53 Å². The van der Waals surface area contributed by atoms with Crippen molar-refractivity contribution in [2.24, 2.45) is 0 Å². The van der Waals surface area contributed by atoms with Crippen LogP contribution in [0.2, 0.25) is 0 Å². The van der Waals surface area contributed by atoms with E-state index < -0.39 is 0 Å². The van der Waals surface area contributed by atoms with E-state index in [9.17, 15) is 4.79 Å². The molecule has 0 aliphatic rings. The van der Waals surface area contributed by atoms with Crippen LogP contribution in [0.5, 0.6) is 5.75 Å². The van der Waals surface area contributed by atoms with Gasteiger partial charge in [0.05, 0.1) is 24.6 Å². The van der Waals surface area contributed by atoms with Crippen molar-refractivity contribution in [3.63, 3.8) is 0 Å². The zero-order valence-electron chi connectivity index (χ0n) is 14.8. The van der Waals surface area contributed by atoms with Crippen molar-refractivity contribution in [1.29, 1.82) is 5.26 Å². The Hall–Kier alpha value is -3.24. The number of nitriles is 1. The Bertz CT molecular complexity index is 950. The Morgan fingerprint density at radius 3 is 2.81 bits per heavy atom. The van der Waals surface area contributed by atoms with Crippen molar-refractivity contribution in [3.8, 4) is 17.5 Å². The first-order valence-electron chi connectivity index (χ1n) is 8.26. The number of hydrogen-bond acceptors (Lipinski definition) is 5. The number of methoxy groups -OCH3 is 1. The second kappa shape index (κ2) is 8.92. The van der Waals surface area contributed by atoms with E-state index in [2.05, 4.69) is 11.1 Å². The first-order valence-corrected chi connectivity index (χ1v) is 9.24. The number of imidazole rings is 1. The summed E-state index contributed by atoms with van der Waals surface area (Å²) >= 11 is 1.33. The van der Waals surface area contributed by atoms with Crippen molar-refractivity contribution in [1.82, 2.24) is 9.55 Å². The summed E-state index contributed by atoms with van der Waals surface area (Å²) in [5.74, 6) is 0.780. The molecule has 6 nitrogen and oxygen atoms in total. The lowest BCUT2D eigenvalue weighted by Crippen LogP contribution is -2.32. The number of amides is 1. The van der Waals surface area contributed by atoms with Crippen molar-refractivity contribution >= 4 is 23.4 Å². The second-order valence-electron chi connectivity index (χ2n) is 5.54. The Balaban J connectivity index is 1.74. The minimum atomic E-state index is -0.145. The molecule has 0 fully saturated rings. The van der Waals surface area contributed by atoms with Crippen LogP contribution in [0.15, 0.2) is 72.1 Å². The van der Waals surface area contributed by atoms with Crippen LogP contribution >= 0.6 is 11.8 Å². The summed E-state index contributed by atoms with van der Waals surface area (Å²) in [6.07, 6.45) is 3.53. The molecule has 0 saturated heterocycles. The molecule has 3 aromatic rings. The summed E-state index contributed by atoms with van der Waals surface area (Å²) < 4.78 is 7.17. The standard InChI is InChI=1S/C20H18N4O2S/c1-26-18-9-5-8-17(14-18)24-13-11-22-20(24)27-15-19(25)23(12-10-21)16-6-3-2-4-7-16/h2-9,11,13-14H,12,15H2,1H3. The first-order chi connectivity index (χ1) is 13.2. The predicted octanol–water partition coefficient (Wildman–Crippen LogP) is 3.53. The lowest BCUT2D eigenvalue weighted by Gasteiger charge is -2.19.